The highest BCUT2D eigenvalue weighted by Gasteiger charge is 2.19. The van der Waals surface area contributed by atoms with E-state index in [1.165, 1.54) is 7.11 Å². The SMILES string of the molecule is CC(=O)O.CCOC(C)OC(OC)C(=O)O. The minimum Gasteiger partial charge on any atom is -0.481 e. The van der Waals surface area contributed by atoms with Crippen molar-refractivity contribution >= 4 is 11.9 Å². The predicted molar refractivity (Wildman–Crippen MR) is 53.9 cm³/mol. The number of carboxylic acid groups (broad SMARTS) is 2. The van der Waals surface area contributed by atoms with Gasteiger partial charge in [-0.15, -0.1) is 0 Å². The highest BCUT2D eigenvalue weighted by molar-refractivity contribution is 5.70. The van der Waals surface area contributed by atoms with Gasteiger partial charge in [0.05, 0.1) is 0 Å². The standard InChI is InChI=1S/C7H14O5.C2H4O2/c1-4-11-5(2)12-7(10-3)6(8)9;1-2(3)4/h5,7H,4H2,1-3H3,(H,8,9);1H3,(H,3,4). The number of rotatable bonds is 6. The van der Waals surface area contributed by atoms with Crippen molar-refractivity contribution in [2.24, 2.45) is 0 Å². The van der Waals surface area contributed by atoms with Gasteiger partial charge in [-0.05, 0) is 13.8 Å². The number of carbonyl (C=O) groups is 2. The van der Waals surface area contributed by atoms with Gasteiger partial charge in [-0.25, -0.2) is 4.79 Å². The van der Waals surface area contributed by atoms with Crippen LogP contribution in [-0.4, -0.2) is 48.4 Å². The first kappa shape index (κ1) is 17.2. The lowest BCUT2D eigenvalue weighted by atomic mass is 10.6. The normalized spacial score (nSPS) is 13.2. The quantitative estimate of drug-likeness (QED) is 0.651. The lowest BCUT2D eigenvalue weighted by Gasteiger charge is -2.17. The Bertz CT molecular complexity index is 200. The van der Waals surface area contributed by atoms with Crippen LogP contribution < -0.4 is 0 Å². The Hall–Kier alpha value is -1.18. The zero-order valence-corrected chi connectivity index (χ0v) is 9.80. The van der Waals surface area contributed by atoms with E-state index in [0.717, 1.165) is 6.92 Å². The van der Waals surface area contributed by atoms with Crippen LogP contribution in [0, 0.1) is 0 Å². The second-order valence-electron chi connectivity index (χ2n) is 2.58. The highest BCUT2D eigenvalue weighted by Crippen LogP contribution is 2.00. The predicted octanol–water partition coefficient (Wildman–Crippen LogP) is 0.534. The number of aliphatic carboxylic acids is 2. The monoisotopic (exact) mass is 238 g/mol. The van der Waals surface area contributed by atoms with E-state index >= 15 is 0 Å². The molecule has 96 valence electrons. The van der Waals surface area contributed by atoms with Gasteiger partial charge in [0.1, 0.15) is 0 Å². The summed E-state index contributed by atoms with van der Waals surface area (Å²) >= 11 is 0. The molecule has 0 saturated heterocycles. The van der Waals surface area contributed by atoms with Gasteiger partial charge >= 0.3 is 5.97 Å². The van der Waals surface area contributed by atoms with E-state index in [2.05, 4.69) is 4.74 Å². The van der Waals surface area contributed by atoms with E-state index in [1.54, 1.807) is 13.8 Å². The Morgan fingerprint density at radius 1 is 1.31 bits per heavy atom. The van der Waals surface area contributed by atoms with E-state index in [9.17, 15) is 4.79 Å². The third kappa shape index (κ3) is 12.8. The smallest absolute Gasteiger partial charge is 0.361 e. The van der Waals surface area contributed by atoms with Gasteiger partial charge in [0.15, 0.2) is 6.29 Å². The molecule has 7 nitrogen and oxygen atoms in total. The van der Waals surface area contributed by atoms with Gasteiger partial charge in [-0.2, -0.15) is 0 Å². The molecule has 0 aromatic heterocycles. The molecule has 7 heteroatoms. The van der Waals surface area contributed by atoms with Crippen LogP contribution in [0.1, 0.15) is 20.8 Å². The van der Waals surface area contributed by atoms with Crippen molar-refractivity contribution < 1.29 is 34.0 Å². The van der Waals surface area contributed by atoms with Crippen molar-refractivity contribution in [1.82, 2.24) is 0 Å². The fraction of sp³-hybridized carbons (Fsp3) is 0.778. The summed E-state index contributed by atoms with van der Waals surface area (Å²) in [6, 6.07) is 0. The van der Waals surface area contributed by atoms with E-state index < -0.39 is 24.5 Å². The average Bonchev–Trinajstić information content (AvgIpc) is 2.13. The zero-order valence-electron chi connectivity index (χ0n) is 9.80. The molecule has 0 amide bonds. The molecule has 0 aliphatic heterocycles. The molecule has 0 aliphatic carbocycles. The second kappa shape index (κ2) is 10.3. The maximum Gasteiger partial charge on any atom is 0.361 e. The molecule has 0 spiro atoms. The number of hydrogen-bond acceptors (Lipinski definition) is 5. The van der Waals surface area contributed by atoms with Gasteiger partial charge in [0.2, 0.25) is 0 Å². The van der Waals surface area contributed by atoms with Crippen molar-refractivity contribution in [3.05, 3.63) is 0 Å². The Balaban J connectivity index is 0. The van der Waals surface area contributed by atoms with Gasteiger partial charge in [-0.1, -0.05) is 0 Å². The summed E-state index contributed by atoms with van der Waals surface area (Å²) in [7, 11) is 1.26. The first-order valence-corrected chi connectivity index (χ1v) is 4.57. The van der Waals surface area contributed by atoms with Crippen LogP contribution in [0.25, 0.3) is 0 Å². The molecule has 0 aliphatic rings. The Morgan fingerprint density at radius 2 is 1.75 bits per heavy atom. The second-order valence-corrected chi connectivity index (χ2v) is 2.58. The maximum absolute atomic E-state index is 10.4. The molecule has 0 bridgehead atoms. The molecule has 2 unspecified atom stereocenters. The zero-order chi connectivity index (χ0) is 13.1. The van der Waals surface area contributed by atoms with E-state index in [0.29, 0.717) is 6.61 Å². The number of carboxylic acids is 2. The summed E-state index contributed by atoms with van der Waals surface area (Å²) in [4.78, 5) is 19.4. The third-order valence-electron chi connectivity index (χ3n) is 1.13. The molecular formula is C9H18O7. The van der Waals surface area contributed by atoms with Crippen molar-refractivity contribution in [2.75, 3.05) is 13.7 Å². The summed E-state index contributed by atoms with van der Waals surface area (Å²) in [6.07, 6.45) is -1.83. The average molecular weight is 238 g/mol. The van der Waals surface area contributed by atoms with Crippen molar-refractivity contribution in [3.8, 4) is 0 Å². The molecule has 2 N–H and O–H groups in total. The van der Waals surface area contributed by atoms with Gasteiger partial charge in [0, 0.05) is 20.6 Å². The summed E-state index contributed by atoms with van der Waals surface area (Å²) in [5.74, 6) is -2.00. The fourth-order valence-electron chi connectivity index (χ4n) is 0.663. The molecule has 0 saturated carbocycles. The lowest BCUT2D eigenvalue weighted by Crippen LogP contribution is -2.30. The Morgan fingerprint density at radius 3 is 2.00 bits per heavy atom. The summed E-state index contributed by atoms with van der Waals surface area (Å²) in [5, 5.41) is 15.9. The highest BCUT2D eigenvalue weighted by atomic mass is 16.8. The van der Waals surface area contributed by atoms with Crippen LogP contribution in [-0.2, 0) is 23.8 Å². The maximum atomic E-state index is 10.4. The topological polar surface area (TPSA) is 102 Å². The van der Waals surface area contributed by atoms with Gasteiger partial charge in [-0.3, -0.25) is 4.79 Å². The Labute approximate surface area is 93.9 Å². The number of hydrogen-bond donors (Lipinski definition) is 2. The summed E-state index contributed by atoms with van der Waals surface area (Å²) in [6.45, 7) is 4.96. The fourth-order valence-corrected chi connectivity index (χ4v) is 0.663. The molecule has 0 radical (unpaired) electrons. The number of ether oxygens (including phenoxy) is 3. The molecule has 2 atom stereocenters. The first-order chi connectivity index (χ1) is 7.34. The molecule has 0 aromatic carbocycles. The summed E-state index contributed by atoms with van der Waals surface area (Å²) in [5.41, 5.74) is 0. The number of methoxy groups -OCH3 is 1. The van der Waals surface area contributed by atoms with Crippen molar-refractivity contribution in [2.45, 2.75) is 33.4 Å². The third-order valence-corrected chi connectivity index (χ3v) is 1.13. The van der Waals surface area contributed by atoms with Crippen LogP contribution in [0.4, 0.5) is 0 Å². The van der Waals surface area contributed by atoms with Crippen LogP contribution in [0.2, 0.25) is 0 Å². The minimum absolute atomic E-state index is 0.469. The molecule has 0 aromatic rings. The van der Waals surface area contributed by atoms with E-state index in [4.69, 9.17) is 24.5 Å². The molecule has 0 fully saturated rings. The first-order valence-electron chi connectivity index (χ1n) is 4.57. The van der Waals surface area contributed by atoms with Crippen LogP contribution in [0.5, 0.6) is 0 Å². The van der Waals surface area contributed by atoms with Gasteiger partial charge < -0.3 is 24.4 Å². The van der Waals surface area contributed by atoms with Crippen LogP contribution >= 0.6 is 0 Å². The van der Waals surface area contributed by atoms with Crippen molar-refractivity contribution in [1.29, 1.82) is 0 Å². The van der Waals surface area contributed by atoms with Crippen molar-refractivity contribution in [3.63, 3.8) is 0 Å². The largest absolute Gasteiger partial charge is 0.481 e. The molecule has 0 heterocycles. The van der Waals surface area contributed by atoms with E-state index in [-0.39, 0.29) is 0 Å². The van der Waals surface area contributed by atoms with Crippen LogP contribution in [0.3, 0.4) is 0 Å². The summed E-state index contributed by atoms with van der Waals surface area (Å²) < 4.78 is 14.3. The molecule has 16 heavy (non-hydrogen) atoms. The molecular weight excluding hydrogens is 220 g/mol. The lowest BCUT2D eigenvalue weighted by molar-refractivity contribution is -0.235. The van der Waals surface area contributed by atoms with Gasteiger partial charge in [0.25, 0.3) is 12.3 Å². The van der Waals surface area contributed by atoms with Crippen LogP contribution in [0.15, 0.2) is 0 Å². The van der Waals surface area contributed by atoms with E-state index in [1.807, 2.05) is 0 Å². The molecule has 0 rings (SSSR count). The minimum atomic E-state index is -1.26. The Kier molecular flexibility index (Phi) is 11.1.